The number of benzene rings is 2. The van der Waals surface area contributed by atoms with Gasteiger partial charge >= 0.3 is 0 Å². The maximum Gasteiger partial charge on any atom is 0.191 e. The first-order valence-corrected chi connectivity index (χ1v) is 8.61. The highest BCUT2D eigenvalue weighted by Crippen LogP contribution is 2.26. The average Bonchev–Trinajstić information content (AvgIpc) is 2.58. The molecule has 2 aromatic rings. The largest absolute Gasteiger partial charge is 0.504 e. The smallest absolute Gasteiger partial charge is 0.191 e. The molecule has 0 saturated heterocycles. The van der Waals surface area contributed by atoms with Crippen LogP contribution in [0, 0.1) is 0 Å². The van der Waals surface area contributed by atoms with Crippen LogP contribution in [0.4, 0.5) is 0 Å². The molecule has 0 unspecified atom stereocenters. The number of nitrogens with zero attached hydrogens (tertiary/aromatic N) is 1. The summed E-state index contributed by atoms with van der Waals surface area (Å²) in [6.07, 6.45) is 0. The van der Waals surface area contributed by atoms with Gasteiger partial charge in [-0.1, -0.05) is 35.3 Å². The molecule has 0 aliphatic rings. The fourth-order valence-electron chi connectivity index (χ4n) is 2.19. The van der Waals surface area contributed by atoms with Crippen molar-refractivity contribution in [1.82, 2.24) is 10.6 Å². The van der Waals surface area contributed by atoms with E-state index in [9.17, 15) is 5.11 Å². The highest BCUT2D eigenvalue weighted by molar-refractivity contribution is 6.35. The third-order valence-electron chi connectivity index (χ3n) is 3.47. The second-order valence-corrected chi connectivity index (χ2v) is 6.13. The molecule has 0 fully saturated rings. The first-order chi connectivity index (χ1) is 12.0. The fourth-order valence-corrected chi connectivity index (χ4v) is 2.67. The zero-order valence-electron chi connectivity index (χ0n) is 14.1. The second-order valence-electron chi connectivity index (χ2n) is 5.29. The maximum atomic E-state index is 9.83. The van der Waals surface area contributed by atoms with Crippen molar-refractivity contribution in [1.29, 1.82) is 0 Å². The van der Waals surface area contributed by atoms with Gasteiger partial charge in [0.15, 0.2) is 17.5 Å². The van der Waals surface area contributed by atoms with Crippen molar-refractivity contribution in [2.75, 3.05) is 13.7 Å². The third-order valence-corrected chi connectivity index (χ3v) is 4.06. The van der Waals surface area contributed by atoms with Crippen molar-refractivity contribution in [3.05, 3.63) is 57.6 Å². The van der Waals surface area contributed by atoms with Crippen molar-refractivity contribution in [3.63, 3.8) is 0 Å². The summed E-state index contributed by atoms with van der Waals surface area (Å²) in [5.74, 6) is 1.19. The minimum Gasteiger partial charge on any atom is -0.504 e. The molecule has 3 N–H and O–H groups in total. The number of aliphatic imine (C=N–C) groups is 1. The van der Waals surface area contributed by atoms with Crippen LogP contribution < -0.4 is 15.4 Å². The lowest BCUT2D eigenvalue weighted by Crippen LogP contribution is -2.36. The Morgan fingerprint density at radius 1 is 1.16 bits per heavy atom. The molecule has 2 rings (SSSR count). The van der Waals surface area contributed by atoms with E-state index in [1.54, 1.807) is 24.3 Å². The number of phenolic OH excluding ortho intramolecular Hbond substituents is 1. The van der Waals surface area contributed by atoms with E-state index in [1.165, 1.54) is 7.11 Å². The van der Waals surface area contributed by atoms with Crippen LogP contribution in [0.1, 0.15) is 18.1 Å². The van der Waals surface area contributed by atoms with Gasteiger partial charge in [0.25, 0.3) is 0 Å². The number of halogens is 2. The van der Waals surface area contributed by atoms with Gasteiger partial charge < -0.3 is 20.5 Å². The number of aromatic hydroxyl groups is 1. The Hall–Kier alpha value is -2.11. The van der Waals surface area contributed by atoms with Crippen LogP contribution in [-0.4, -0.2) is 24.7 Å². The molecule has 0 radical (unpaired) electrons. The normalized spacial score (nSPS) is 11.3. The molecule has 0 amide bonds. The van der Waals surface area contributed by atoms with Crippen LogP contribution in [-0.2, 0) is 13.1 Å². The Bertz CT molecular complexity index is 751. The lowest BCUT2D eigenvalue weighted by Gasteiger charge is -2.12. The van der Waals surface area contributed by atoms with E-state index in [0.29, 0.717) is 34.8 Å². The molecule has 25 heavy (non-hydrogen) atoms. The first kappa shape index (κ1) is 19.2. The van der Waals surface area contributed by atoms with Gasteiger partial charge in [0, 0.05) is 23.1 Å². The molecule has 0 spiro atoms. The van der Waals surface area contributed by atoms with Crippen LogP contribution in [0.5, 0.6) is 11.5 Å². The van der Waals surface area contributed by atoms with Gasteiger partial charge in [0.1, 0.15) is 0 Å². The molecule has 0 heterocycles. The number of nitrogens with one attached hydrogen (secondary N) is 2. The predicted molar refractivity (Wildman–Crippen MR) is 103 cm³/mol. The summed E-state index contributed by atoms with van der Waals surface area (Å²) >= 11 is 12.1. The number of phenols is 1. The zero-order chi connectivity index (χ0) is 18.2. The molecule has 0 bridgehead atoms. The number of hydrogen-bond acceptors (Lipinski definition) is 3. The number of hydrogen-bond donors (Lipinski definition) is 3. The van der Waals surface area contributed by atoms with Crippen LogP contribution >= 0.6 is 23.2 Å². The van der Waals surface area contributed by atoms with E-state index in [2.05, 4.69) is 15.6 Å². The maximum absolute atomic E-state index is 9.83. The molecule has 0 aliphatic heterocycles. The molecular formula is C18H21Cl2N3O2. The van der Waals surface area contributed by atoms with Crippen molar-refractivity contribution in [3.8, 4) is 11.5 Å². The summed E-state index contributed by atoms with van der Waals surface area (Å²) in [5, 5.41) is 17.4. The van der Waals surface area contributed by atoms with Crippen LogP contribution in [0.15, 0.2) is 41.4 Å². The Kier molecular flexibility index (Phi) is 7.22. The molecule has 0 aromatic heterocycles. The summed E-state index contributed by atoms with van der Waals surface area (Å²) in [5.41, 5.74) is 1.80. The van der Waals surface area contributed by atoms with E-state index in [-0.39, 0.29) is 5.75 Å². The standard InChI is InChI=1S/C18H21Cl2N3O2/c1-3-21-18(23-11-13-5-6-14(19)9-15(13)20)22-10-12-4-7-17(25-2)16(24)8-12/h4-9,24H,3,10-11H2,1-2H3,(H2,21,22,23). The Morgan fingerprint density at radius 3 is 2.60 bits per heavy atom. The number of ether oxygens (including phenoxy) is 1. The van der Waals surface area contributed by atoms with Gasteiger partial charge in [-0.15, -0.1) is 0 Å². The van der Waals surface area contributed by atoms with Gasteiger partial charge in [0.2, 0.25) is 0 Å². The van der Waals surface area contributed by atoms with E-state index in [1.807, 2.05) is 19.1 Å². The first-order valence-electron chi connectivity index (χ1n) is 7.85. The minimum atomic E-state index is 0.0982. The molecule has 5 nitrogen and oxygen atoms in total. The van der Waals surface area contributed by atoms with Crippen LogP contribution in [0.25, 0.3) is 0 Å². The summed E-state index contributed by atoms with van der Waals surface area (Å²) in [4.78, 5) is 4.52. The number of rotatable bonds is 6. The summed E-state index contributed by atoms with van der Waals surface area (Å²) in [6.45, 7) is 3.66. The quantitative estimate of drug-likeness (QED) is 0.523. The molecular weight excluding hydrogens is 361 g/mol. The molecule has 2 aromatic carbocycles. The van der Waals surface area contributed by atoms with Crippen molar-refractivity contribution in [2.45, 2.75) is 20.0 Å². The van der Waals surface area contributed by atoms with Gasteiger partial charge in [0.05, 0.1) is 13.7 Å². The predicted octanol–water partition coefficient (Wildman–Crippen LogP) is 3.96. The topological polar surface area (TPSA) is 65.9 Å². The van der Waals surface area contributed by atoms with E-state index >= 15 is 0 Å². The SMILES string of the molecule is CCNC(=NCc1ccc(OC)c(O)c1)NCc1ccc(Cl)cc1Cl. The van der Waals surface area contributed by atoms with Gasteiger partial charge in [-0.25, -0.2) is 4.99 Å². The van der Waals surface area contributed by atoms with Gasteiger partial charge in [-0.05, 0) is 42.3 Å². The van der Waals surface area contributed by atoms with Crippen molar-refractivity contribution < 1.29 is 9.84 Å². The monoisotopic (exact) mass is 381 g/mol. The van der Waals surface area contributed by atoms with Crippen molar-refractivity contribution >= 4 is 29.2 Å². The molecule has 0 saturated carbocycles. The molecule has 0 aliphatic carbocycles. The van der Waals surface area contributed by atoms with Gasteiger partial charge in [-0.3, -0.25) is 0 Å². The van der Waals surface area contributed by atoms with Crippen molar-refractivity contribution in [2.24, 2.45) is 4.99 Å². The zero-order valence-corrected chi connectivity index (χ0v) is 15.7. The highest BCUT2D eigenvalue weighted by atomic mass is 35.5. The highest BCUT2D eigenvalue weighted by Gasteiger charge is 2.05. The Morgan fingerprint density at radius 2 is 1.96 bits per heavy atom. The second kappa shape index (κ2) is 9.39. The molecule has 134 valence electrons. The molecule has 0 atom stereocenters. The number of methoxy groups -OCH3 is 1. The fraction of sp³-hybridized carbons (Fsp3) is 0.278. The summed E-state index contributed by atoms with van der Waals surface area (Å²) < 4.78 is 5.04. The van der Waals surface area contributed by atoms with Crippen LogP contribution in [0.3, 0.4) is 0 Å². The number of guanidine groups is 1. The Balaban J connectivity index is 2.03. The van der Waals surface area contributed by atoms with Gasteiger partial charge in [-0.2, -0.15) is 0 Å². The summed E-state index contributed by atoms with van der Waals surface area (Å²) in [7, 11) is 1.52. The Labute approximate surface area is 157 Å². The lowest BCUT2D eigenvalue weighted by atomic mass is 10.2. The minimum absolute atomic E-state index is 0.0982. The molecule has 7 heteroatoms. The third kappa shape index (κ3) is 5.73. The van der Waals surface area contributed by atoms with E-state index in [0.717, 1.165) is 17.7 Å². The van der Waals surface area contributed by atoms with Crippen LogP contribution in [0.2, 0.25) is 10.0 Å². The summed E-state index contributed by atoms with van der Waals surface area (Å²) in [6, 6.07) is 10.6. The lowest BCUT2D eigenvalue weighted by molar-refractivity contribution is 0.373. The average molecular weight is 382 g/mol. The van der Waals surface area contributed by atoms with E-state index in [4.69, 9.17) is 27.9 Å². The van der Waals surface area contributed by atoms with E-state index < -0.39 is 0 Å².